The van der Waals surface area contributed by atoms with Crippen LogP contribution in [0, 0.1) is 20.2 Å². The molecule has 240 valence electrons. The van der Waals surface area contributed by atoms with Gasteiger partial charge in [-0.25, -0.2) is 24.5 Å². The van der Waals surface area contributed by atoms with Gasteiger partial charge in [-0.2, -0.15) is 0 Å². The number of benzene rings is 2. The van der Waals surface area contributed by atoms with E-state index in [4.69, 9.17) is 18.9 Å². The quantitative estimate of drug-likeness (QED) is 0.129. The summed E-state index contributed by atoms with van der Waals surface area (Å²) < 4.78 is 23.2. The number of aliphatic hydroxyl groups excluding tert-OH is 1. The number of para-hydroxylation sites is 2. The number of nitro benzene ring substituents is 2. The van der Waals surface area contributed by atoms with Crippen LogP contribution >= 0.6 is 0 Å². The van der Waals surface area contributed by atoms with Gasteiger partial charge in [0.05, 0.1) is 42.1 Å². The van der Waals surface area contributed by atoms with Gasteiger partial charge in [0.25, 0.3) is 11.4 Å². The normalized spacial score (nSPS) is 17.4. The lowest BCUT2D eigenvalue weighted by molar-refractivity contribution is -0.385. The molecule has 0 spiro atoms. The Hall–Kier alpha value is -5.75. The minimum atomic E-state index is -1.04. The second kappa shape index (κ2) is 14.4. The van der Waals surface area contributed by atoms with E-state index in [-0.39, 0.29) is 67.4 Å². The maximum Gasteiger partial charge on any atom is 0.508 e. The predicted octanol–water partition coefficient (Wildman–Crippen LogP) is 3.48. The summed E-state index contributed by atoms with van der Waals surface area (Å²) in [5, 5.41) is 34.6. The molecule has 0 saturated carbocycles. The average molecular weight is 638 g/mol. The minimum Gasteiger partial charge on any atom is -0.449 e. The van der Waals surface area contributed by atoms with E-state index in [0.29, 0.717) is 11.1 Å². The Balaban J connectivity index is 1.21. The van der Waals surface area contributed by atoms with E-state index in [1.807, 2.05) is 0 Å². The number of carbonyl (C=O) groups is 2. The first kappa shape index (κ1) is 31.7. The SMILES string of the molecule is O=C(Nc1ncnc2c1ncn2[C@@H]1O[C@H](CO)C[C@H]1OC(=O)OCCc1ccccc1[N+](=O)[O-])OCCc1ccccc1[N+](=O)[O-]. The molecule has 1 saturated heterocycles. The highest BCUT2D eigenvalue weighted by molar-refractivity contribution is 5.93. The number of rotatable bonds is 12. The minimum absolute atomic E-state index is 0.00281. The third-order valence-corrected chi connectivity index (χ3v) is 7.02. The van der Waals surface area contributed by atoms with Gasteiger partial charge in [-0.1, -0.05) is 36.4 Å². The molecular weight excluding hydrogens is 610 g/mol. The number of hydrogen-bond acceptors (Lipinski definition) is 14. The molecule has 3 atom stereocenters. The molecule has 1 aliphatic rings. The van der Waals surface area contributed by atoms with Crippen LogP contribution in [0.2, 0.25) is 0 Å². The van der Waals surface area contributed by atoms with Crippen LogP contribution in [0.1, 0.15) is 23.8 Å². The number of aliphatic hydroxyl groups is 1. The van der Waals surface area contributed by atoms with Crippen molar-refractivity contribution in [1.82, 2.24) is 19.5 Å². The van der Waals surface area contributed by atoms with E-state index in [0.717, 1.165) is 6.33 Å². The van der Waals surface area contributed by atoms with E-state index in [2.05, 4.69) is 20.3 Å². The molecule has 18 heteroatoms. The first-order valence-corrected chi connectivity index (χ1v) is 13.9. The van der Waals surface area contributed by atoms with Crippen LogP contribution < -0.4 is 5.32 Å². The zero-order chi connectivity index (χ0) is 32.6. The number of anilines is 1. The zero-order valence-electron chi connectivity index (χ0n) is 24.0. The number of nitro groups is 2. The van der Waals surface area contributed by atoms with E-state index < -0.39 is 40.5 Å². The maximum atomic E-state index is 12.5. The maximum absolute atomic E-state index is 12.5. The fraction of sp³-hybridized carbons (Fsp3) is 0.321. The molecule has 2 aromatic carbocycles. The molecule has 1 amide bonds. The molecule has 0 aliphatic carbocycles. The van der Waals surface area contributed by atoms with Crippen LogP contribution in [0.5, 0.6) is 0 Å². The molecule has 18 nitrogen and oxygen atoms in total. The Labute approximate surface area is 259 Å². The number of ether oxygens (including phenoxy) is 4. The van der Waals surface area contributed by atoms with E-state index in [1.54, 1.807) is 30.3 Å². The van der Waals surface area contributed by atoms with Crippen LogP contribution in [-0.2, 0) is 31.8 Å². The molecule has 0 bridgehead atoms. The van der Waals surface area contributed by atoms with Crippen LogP contribution in [-0.4, -0.2) is 78.7 Å². The van der Waals surface area contributed by atoms with Crippen LogP contribution in [0.3, 0.4) is 0 Å². The van der Waals surface area contributed by atoms with Gasteiger partial charge in [-0.3, -0.25) is 30.1 Å². The molecule has 46 heavy (non-hydrogen) atoms. The van der Waals surface area contributed by atoms with Crippen LogP contribution in [0.4, 0.5) is 26.8 Å². The number of fused-ring (bicyclic) bond motifs is 1. The average Bonchev–Trinajstić information content (AvgIpc) is 3.65. The summed E-state index contributed by atoms with van der Waals surface area (Å²) in [6.45, 7) is -0.690. The van der Waals surface area contributed by atoms with Crippen LogP contribution in [0.15, 0.2) is 61.2 Å². The Morgan fingerprint density at radius 2 is 1.59 bits per heavy atom. The van der Waals surface area contributed by atoms with Gasteiger partial charge in [0.1, 0.15) is 6.33 Å². The van der Waals surface area contributed by atoms with Gasteiger partial charge < -0.3 is 24.1 Å². The number of hydrogen-bond donors (Lipinski definition) is 2. The van der Waals surface area contributed by atoms with Crippen molar-refractivity contribution in [2.24, 2.45) is 0 Å². The highest BCUT2D eigenvalue weighted by Crippen LogP contribution is 2.34. The standard InChI is InChI=1S/C28H27N7O11/c36-14-19-13-22(46-28(38)44-12-10-18-6-2-4-8-21(18)35(41)42)26(45-19)33-16-31-23-24(29-15-30-25(23)33)32-27(37)43-11-9-17-5-1-3-7-20(17)34(39)40/h1-8,15-16,19,22,26,36H,9-14H2,(H,29,30,32,37)/t19-,22+,26+/m0/s1. The summed E-state index contributed by atoms with van der Waals surface area (Å²) in [4.78, 5) is 59.0. The Kier molecular flexibility index (Phi) is 9.88. The fourth-order valence-corrected chi connectivity index (χ4v) is 4.90. The monoisotopic (exact) mass is 637 g/mol. The highest BCUT2D eigenvalue weighted by Gasteiger charge is 2.40. The Morgan fingerprint density at radius 3 is 2.22 bits per heavy atom. The summed E-state index contributed by atoms with van der Waals surface area (Å²) >= 11 is 0. The molecular formula is C28H27N7O11. The molecule has 3 heterocycles. The van der Waals surface area contributed by atoms with Gasteiger partial charge in [0.2, 0.25) is 0 Å². The van der Waals surface area contributed by atoms with E-state index in [9.17, 15) is 34.9 Å². The lowest BCUT2D eigenvalue weighted by atomic mass is 10.1. The zero-order valence-corrected chi connectivity index (χ0v) is 24.0. The first-order chi connectivity index (χ1) is 22.2. The number of amides is 1. The van der Waals surface area contributed by atoms with Gasteiger partial charge in [0.15, 0.2) is 29.3 Å². The summed E-state index contributed by atoms with van der Waals surface area (Å²) in [7, 11) is 0. The Morgan fingerprint density at radius 1 is 0.957 bits per heavy atom. The third-order valence-electron chi connectivity index (χ3n) is 7.02. The second-order valence-electron chi connectivity index (χ2n) is 9.90. The molecule has 1 fully saturated rings. The van der Waals surface area contributed by atoms with Gasteiger partial charge in [-0.15, -0.1) is 0 Å². The summed E-state index contributed by atoms with van der Waals surface area (Å²) in [6, 6.07) is 12.2. The van der Waals surface area contributed by atoms with E-state index in [1.165, 1.54) is 29.1 Å². The lowest BCUT2D eigenvalue weighted by Crippen LogP contribution is -2.26. The second-order valence-corrected chi connectivity index (χ2v) is 9.90. The molecule has 0 unspecified atom stereocenters. The van der Waals surface area contributed by atoms with Crippen LogP contribution in [0.25, 0.3) is 11.2 Å². The molecule has 2 aromatic heterocycles. The largest absolute Gasteiger partial charge is 0.508 e. The molecule has 2 N–H and O–H groups in total. The van der Waals surface area contributed by atoms with Crippen molar-refractivity contribution >= 4 is 40.6 Å². The van der Waals surface area contributed by atoms with Crippen molar-refractivity contribution in [3.63, 3.8) is 0 Å². The Bertz CT molecular complexity index is 1750. The first-order valence-electron chi connectivity index (χ1n) is 13.9. The fourth-order valence-electron chi connectivity index (χ4n) is 4.90. The number of aromatic nitrogens is 4. The van der Waals surface area contributed by atoms with Gasteiger partial charge >= 0.3 is 12.2 Å². The smallest absolute Gasteiger partial charge is 0.449 e. The molecule has 1 aliphatic heterocycles. The van der Waals surface area contributed by atoms with Crippen molar-refractivity contribution in [3.05, 3.63) is 92.5 Å². The van der Waals surface area contributed by atoms with Gasteiger partial charge in [0, 0.05) is 42.5 Å². The van der Waals surface area contributed by atoms with Crippen molar-refractivity contribution < 1.29 is 43.5 Å². The number of carbonyl (C=O) groups excluding carboxylic acids is 2. The highest BCUT2D eigenvalue weighted by atomic mass is 16.7. The van der Waals surface area contributed by atoms with Crippen molar-refractivity contribution in [1.29, 1.82) is 0 Å². The summed E-state index contributed by atoms with van der Waals surface area (Å²) in [5.41, 5.74) is 0.972. The van der Waals surface area contributed by atoms with E-state index >= 15 is 0 Å². The molecule has 0 radical (unpaired) electrons. The third kappa shape index (κ3) is 7.30. The summed E-state index contributed by atoms with van der Waals surface area (Å²) in [5.74, 6) is 0.00281. The predicted molar refractivity (Wildman–Crippen MR) is 156 cm³/mol. The number of nitrogens with zero attached hydrogens (tertiary/aromatic N) is 6. The van der Waals surface area contributed by atoms with Crippen molar-refractivity contribution in [2.75, 3.05) is 25.1 Å². The lowest BCUT2D eigenvalue weighted by Gasteiger charge is -2.20. The van der Waals surface area contributed by atoms with Gasteiger partial charge in [-0.05, 0) is 0 Å². The number of imidazole rings is 1. The molecule has 4 aromatic rings. The van der Waals surface area contributed by atoms with Crippen molar-refractivity contribution in [3.8, 4) is 0 Å². The van der Waals surface area contributed by atoms with Crippen molar-refractivity contribution in [2.45, 2.75) is 37.7 Å². The number of nitrogens with one attached hydrogen (secondary N) is 1. The summed E-state index contributed by atoms with van der Waals surface area (Å²) in [6.07, 6.45) is -1.73. The topological polar surface area (TPSA) is 233 Å². The molecule has 5 rings (SSSR count).